The second kappa shape index (κ2) is 6.54. The molecule has 112 valence electrons. The first-order valence-electron chi connectivity index (χ1n) is 7.47. The van der Waals surface area contributed by atoms with Crippen molar-refractivity contribution in [3.05, 3.63) is 71.3 Å². The van der Waals surface area contributed by atoms with Gasteiger partial charge in [0, 0.05) is 13.1 Å². The third kappa shape index (κ3) is 2.92. The first kappa shape index (κ1) is 14.5. The van der Waals surface area contributed by atoms with E-state index in [2.05, 4.69) is 17.4 Å². The van der Waals surface area contributed by atoms with Gasteiger partial charge in [0.1, 0.15) is 0 Å². The summed E-state index contributed by atoms with van der Waals surface area (Å²) >= 11 is 0. The van der Waals surface area contributed by atoms with Gasteiger partial charge in [0.2, 0.25) is 0 Å². The van der Waals surface area contributed by atoms with Crippen molar-refractivity contribution in [2.45, 2.75) is 13.0 Å². The molecular formula is C18H18N2O2. The number of amides is 2. The Morgan fingerprint density at radius 3 is 2.05 bits per heavy atom. The van der Waals surface area contributed by atoms with E-state index < -0.39 is 0 Å². The van der Waals surface area contributed by atoms with Crippen LogP contribution in [0.4, 0.5) is 0 Å². The first-order chi connectivity index (χ1) is 10.8. The van der Waals surface area contributed by atoms with Gasteiger partial charge in [0.05, 0.1) is 11.1 Å². The molecule has 1 heterocycles. The van der Waals surface area contributed by atoms with Crippen LogP contribution in [-0.2, 0) is 6.54 Å². The number of benzene rings is 2. The molecule has 0 radical (unpaired) electrons. The Morgan fingerprint density at radius 1 is 0.818 bits per heavy atom. The van der Waals surface area contributed by atoms with Gasteiger partial charge in [0.25, 0.3) is 11.8 Å². The second-order valence-electron chi connectivity index (χ2n) is 5.32. The molecule has 22 heavy (non-hydrogen) atoms. The lowest BCUT2D eigenvalue weighted by Gasteiger charge is -2.13. The Hall–Kier alpha value is -2.46. The Kier molecular flexibility index (Phi) is 4.30. The minimum absolute atomic E-state index is 0.177. The number of rotatable bonds is 6. The lowest BCUT2D eigenvalue weighted by molar-refractivity contribution is 0.0652. The van der Waals surface area contributed by atoms with Crippen molar-refractivity contribution in [2.24, 2.45) is 0 Å². The van der Waals surface area contributed by atoms with Crippen LogP contribution in [0.2, 0.25) is 0 Å². The van der Waals surface area contributed by atoms with Crippen LogP contribution < -0.4 is 5.32 Å². The van der Waals surface area contributed by atoms with E-state index in [1.54, 1.807) is 24.3 Å². The summed E-state index contributed by atoms with van der Waals surface area (Å²) in [6, 6.07) is 17.1. The topological polar surface area (TPSA) is 49.4 Å². The van der Waals surface area contributed by atoms with Gasteiger partial charge in [0.15, 0.2) is 0 Å². The monoisotopic (exact) mass is 294 g/mol. The summed E-state index contributed by atoms with van der Waals surface area (Å²) in [6.07, 6.45) is 0.748. The van der Waals surface area contributed by atoms with Crippen molar-refractivity contribution in [3.63, 3.8) is 0 Å². The molecular weight excluding hydrogens is 276 g/mol. The van der Waals surface area contributed by atoms with Gasteiger partial charge in [-0.1, -0.05) is 42.5 Å². The summed E-state index contributed by atoms with van der Waals surface area (Å²) in [6.45, 7) is 2.01. The molecule has 0 fully saturated rings. The maximum Gasteiger partial charge on any atom is 0.261 e. The van der Waals surface area contributed by atoms with Crippen LogP contribution in [-0.4, -0.2) is 29.8 Å². The largest absolute Gasteiger partial charge is 0.313 e. The Balaban J connectivity index is 1.47. The molecule has 0 saturated carbocycles. The average Bonchev–Trinajstić information content (AvgIpc) is 2.81. The summed E-state index contributed by atoms with van der Waals surface area (Å²) < 4.78 is 0. The standard InChI is InChI=1S/C18H18N2O2/c21-17-15-9-4-5-10-16(15)18(22)20(17)12-6-11-19-13-14-7-2-1-3-8-14/h1-5,7-10,19H,6,11-13H2. The van der Waals surface area contributed by atoms with E-state index in [1.165, 1.54) is 10.5 Å². The maximum atomic E-state index is 12.2. The molecule has 1 N–H and O–H groups in total. The van der Waals surface area contributed by atoms with Crippen LogP contribution in [0.5, 0.6) is 0 Å². The third-order valence-corrected chi connectivity index (χ3v) is 3.79. The molecule has 1 aliphatic heterocycles. The second-order valence-corrected chi connectivity index (χ2v) is 5.32. The van der Waals surface area contributed by atoms with E-state index in [0.717, 1.165) is 19.5 Å². The van der Waals surface area contributed by atoms with Crippen molar-refractivity contribution in [1.82, 2.24) is 10.2 Å². The molecule has 0 atom stereocenters. The number of carbonyl (C=O) groups is 2. The van der Waals surface area contributed by atoms with Crippen molar-refractivity contribution < 1.29 is 9.59 Å². The number of hydrogen-bond acceptors (Lipinski definition) is 3. The van der Waals surface area contributed by atoms with E-state index in [-0.39, 0.29) is 11.8 Å². The number of fused-ring (bicyclic) bond motifs is 1. The van der Waals surface area contributed by atoms with Gasteiger partial charge in [-0.3, -0.25) is 14.5 Å². The summed E-state index contributed by atoms with van der Waals surface area (Å²) in [5.74, 6) is -0.354. The molecule has 0 bridgehead atoms. The van der Waals surface area contributed by atoms with Crippen LogP contribution in [0.1, 0.15) is 32.7 Å². The summed E-state index contributed by atoms with van der Waals surface area (Å²) in [5.41, 5.74) is 2.26. The van der Waals surface area contributed by atoms with Gasteiger partial charge in [-0.2, -0.15) is 0 Å². The average molecular weight is 294 g/mol. The van der Waals surface area contributed by atoms with Crippen LogP contribution in [0.25, 0.3) is 0 Å². The fraction of sp³-hybridized carbons (Fsp3) is 0.222. The number of hydrogen-bond donors (Lipinski definition) is 1. The lowest BCUT2D eigenvalue weighted by atomic mass is 10.1. The van der Waals surface area contributed by atoms with Gasteiger partial charge in [-0.05, 0) is 30.7 Å². The molecule has 0 aliphatic carbocycles. The number of nitrogens with one attached hydrogen (secondary N) is 1. The third-order valence-electron chi connectivity index (χ3n) is 3.79. The van der Waals surface area contributed by atoms with Gasteiger partial charge in [-0.25, -0.2) is 0 Å². The Bertz CT molecular complexity index is 647. The quantitative estimate of drug-likeness (QED) is 0.657. The maximum absolute atomic E-state index is 12.2. The number of carbonyl (C=O) groups excluding carboxylic acids is 2. The van der Waals surface area contributed by atoms with E-state index in [4.69, 9.17) is 0 Å². The predicted molar refractivity (Wildman–Crippen MR) is 84.6 cm³/mol. The normalized spacial score (nSPS) is 13.5. The molecule has 0 saturated heterocycles. The minimum atomic E-state index is -0.177. The lowest BCUT2D eigenvalue weighted by Crippen LogP contribution is -2.32. The van der Waals surface area contributed by atoms with Crippen molar-refractivity contribution in [3.8, 4) is 0 Å². The molecule has 2 aromatic rings. The van der Waals surface area contributed by atoms with Crippen molar-refractivity contribution in [2.75, 3.05) is 13.1 Å². The number of imide groups is 1. The van der Waals surface area contributed by atoms with Crippen LogP contribution in [0.3, 0.4) is 0 Å². The zero-order valence-corrected chi connectivity index (χ0v) is 12.3. The van der Waals surface area contributed by atoms with E-state index in [9.17, 15) is 9.59 Å². The van der Waals surface area contributed by atoms with Crippen LogP contribution >= 0.6 is 0 Å². The molecule has 2 amide bonds. The Morgan fingerprint density at radius 2 is 1.41 bits per heavy atom. The minimum Gasteiger partial charge on any atom is -0.313 e. The molecule has 1 aliphatic rings. The van der Waals surface area contributed by atoms with E-state index in [0.29, 0.717) is 17.7 Å². The molecule has 3 rings (SSSR count). The number of nitrogens with zero attached hydrogens (tertiary/aromatic N) is 1. The van der Waals surface area contributed by atoms with Crippen molar-refractivity contribution >= 4 is 11.8 Å². The predicted octanol–water partition coefficient (Wildman–Crippen LogP) is 2.46. The zero-order valence-electron chi connectivity index (χ0n) is 12.3. The van der Waals surface area contributed by atoms with Crippen LogP contribution in [0.15, 0.2) is 54.6 Å². The molecule has 0 unspecified atom stereocenters. The fourth-order valence-corrected chi connectivity index (χ4v) is 2.63. The van der Waals surface area contributed by atoms with Gasteiger partial charge < -0.3 is 5.32 Å². The SMILES string of the molecule is O=C1c2ccccc2C(=O)N1CCCNCc1ccccc1. The highest BCUT2D eigenvalue weighted by Gasteiger charge is 2.34. The van der Waals surface area contributed by atoms with E-state index in [1.807, 2.05) is 18.2 Å². The highest BCUT2D eigenvalue weighted by Crippen LogP contribution is 2.22. The molecule has 0 aromatic heterocycles. The highest BCUT2D eigenvalue weighted by molar-refractivity contribution is 6.21. The highest BCUT2D eigenvalue weighted by atomic mass is 16.2. The van der Waals surface area contributed by atoms with Gasteiger partial charge >= 0.3 is 0 Å². The van der Waals surface area contributed by atoms with E-state index >= 15 is 0 Å². The summed E-state index contributed by atoms with van der Waals surface area (Å²) in [7, 11) is 0. The van der Waals surface area contributed by atoms with Crippen molar-refractivity contribution in [1.29, 1.82) is 0 Å². The first-order valence-corrected chi connectivity index (χ1v) is 7.47. The molecule has 2 aromatic carbocycles. The smallest absolute Gasteiger partial charge is 0.261 e. The van der Waals surface area contributed by atoms with Gasteiger partial charge in [-0.15, -0.1) is 0 Å². The Labute approximate surface area is 129 Å². The summed E-state index contributed by atoms with van der Waals surface area (Å²) in [4.78, 5) is 25.7. The fourth-order valence-electron chi connectivity index (χ4n) is 2.63. The molecule has 0 spiro atoms. The zero-order chi connectivity index (χ0) is 15.4. The molecule has 4 nitrogen and oxygen atoms in total. The summed E-state index contributed by atoms with van der Waals surface area (Å²) in [5, 5.41) is 3.33. The van der Waals surface area contributed by atoms with Crippen LogP contribution in [0, 0.1) is 0 Å². The molecule has 4 heteroatoms.